The highest BCUT2D eigenvalue weighted by Gasteiger charge is 2.35. The molecular weight excluding hydrogens is 532 g/mol. The second kappa shape index (κ2) is 12.0. The lowest BCUT2D eigenvalue weighted by Gasteiger charge is -2.41. The van der Waals surface area contributed by atoms with Gasteiger partial charge in [-0.2, -0.15) is 0 Å². The maximum Gasteiger partial charge on any atom is 0.410 e. The van der Waals surface area contributed by atoms with E-state index in [0.717, 1.165) is 101 Å². The van der Waals surface area contributed by atoms with E-state index in [9.17, 15) is 4.79 Å². The smallest absolute Gasteiger partial charge is 0.410 e. The Morgan fingerprint density at radius 2 is 1.76 bits per heavy atom. The predicted octanol–water partition coefficient (Wildman–Crippen LogP) is 4.19. The van der Waals surface area contributed by atoms with Crippen molar-refractivity contribution in [3.05, 3.63) is 41.0 Å². The zero-order valence-electron chi connectivity index (χ0n) is 25.9. The molecule has 10 nitrogen and oxygen atoms in total. The van der Waals surface area contributed by atoms with Gasteiger partial charge in [0.15, 0.2) is 5.75 Å². The molecule has 2 unspecified atom stereocenters. The highest BCUT2D eigenvalue weighted by atomic mass is 16.6. The van der Waals surface area contributed by atoms with Crippen molar-refractivity contribution in [3.63, 3.8) is 0 Å². The van der Waals surface area contributed by atoms with Gasteiger partial charge in [0.05, 0.1) is 24.6 Å². The second-order valence-electron chi connectivity index (χ2n) is 13.3. The number of likely N-dealkylation sites (tertiary alicyclic amines) is 2. The first-order valence-electron chi connectivity index (χ1n) is 15.8. The van der Waals surface area contributed by atoms with E-state index < -0.39 is 5.60 Å². The Bertz CT molecular complexity index is 1200. The minimum absolute atomic E-state index is 0.0351. The van der Waals surface area contributed by atoms with Crippen molar-refractivity contribution in [1.29, 1.82) is 0 Å². The fourth-order valence-corrected chi connectivity index (χ4v) is 7.06. The number of nitrogens with one attached hydrogen (secondary N) is 2. The molecular formula is C32H48N6O4. The van der Waals surface area contributed by atoms with Crippen molar-refractivity contribution in [2.45, 2.75) is 90.1 Å². The number of fused-ring (bicyclic) bond motifs is 2. The van der Waals surface area contributed by atoms with Crippen LogP contribution >= 0.6 is 0 Å². The fraction of sp³-hybridized carbons (Fsp3) is 0.688. The zero-order valence-corrected chi connectivity index (χ0v) is 25.9. The van der Waals surface area contributed by atoms with Crippen LogP contribution in [0.3, 0.4) is 0 Å². The van der Waals surface area contributed by atoms with Gasteiger partial charge in [-0.25, -0.2) is 4.79 Å². The Labute approximate surface area is 250 Å². The number of amides is 1. The molecule has 3 fully saturated rings. The summed E-state index contributed by atoms with van der Waals surface area (Å²) in [5, 5.41) is 7.31. The molecule has 0 aromatic carbocycles. The summed E-state index contributed by atoms with van der Waals surface area (Å²) >= 11 is 0. The largest absolute Gasteiger partial charge is 0.482 e. The van der Waals surface area contributed by atoms with E-state index in [0.29, 0.717) is 12.0 Å². The second-order valence-corrected chi connectivity index (χ2v) is 13.3. The number of anilines is 1. The molecule has 10 heteroatoms. The summed E-state index contributed by atoms with van der Waals surface area (Å²) in [6.07, 6.45) is 8.09. The Morgan fingerprint density at radius 1 is 1.05 bits per heavy atom. The summed E-state index contributed by atoms with van der Waals surface area (Å²) in [5.41, 5.74) is 5.12. The van der Waals surface area contributed by atoms with Crippen molar-refractivity contribution in [2.24, 2.45) is 0 Å². The van der Waals surface area contributed by atoms with Gasteiger partial charge in [-0.15, -0.1) is 0 Å². The van der Waals surface area contributed by atoms with Crippen molar-refractivity contribution in [1.82, 2.24) is 25.0 Å². The van der Waals surface area contributed by atoms with Gasteiger partial charge in [0.1, 0.15) is 17.9 Å². The van der Waals surface area contributed by atoms with Gasteiger partial charge in [0.2, 0.25) is 0 Å². The van der Waals surface area contributed by atoms with Crippen LogP contribution in [0, 0.1) is 6.92 Å². The van der Waals surface area contributed by atoms with Crippen LogP contribution in [0.1, 0.15) is 70.7 Å². The summed E-state index contributed by atoms with van der Waals surface area (Å²) in [6.45, 7) is 16.9. The Kier molecular flexibility index (Phi) is 8.29. The van der Waals surface area contributed by atoms with Crippen molar-refractivity contribution < 1.29 is 19.0 Å². The Hall–Kier alpha value is -2.98. The number of pyridine rings is 1. The first kappa shape index (κ1) is 29.1. The lowest BCUT2D eigenvalue weighted by molar-refractivity contribution is 0.0126. The zero-order chi connectivity index (χ0) is 29.4. The number of morpholine rings is 1. The number of hydrogen-bond acceptors (Lipinski definition) is 9. The number of ether oxygens (including phenoxy) is 3. The number of allylic oxidation sites excluding steroid dienone is 1. The van der Waals surface area contributed by atoms with Gasteiger partial charge in [-0.05, 0) is 85.5 Å². The number of piperidine rings is 2. The number of hydrogen-bond donors (Lipinski definition) is 2. The van der Waals surface area contributed by atoms with Crippen LogP contribution in [-0.2, 0) is 9.47 Å². The first-order chi connectivity index (χ1) is 20.2. The molecule has 0 saturated carbocycles. The summed E-state index contributed by atoms with van der Waals surface area (Å²) in [4.78, 5) is 24.5. The van der Waals surface area contributed by atoms with E-state index in [-0.39, 0.29) is 18.4 Å². The molecule has 42 heavy (non-hydrogen) atoms. The predicted molar refractivity (Wildman–Crippen MR) is 163 cm³/mol. The normalized spacial score (nSPS) is 26.0. The van der Waals surface area contributed by atoms with Crippen LogP contribution in [0.25, 0.3) is 0 Å². The molecule has 0 spiro atoms. The third-order valence-corrected chi connectivity index (χ3v) is 9.24. The lowest BCUT2D eigenvalue weighted by Crippen LogP contribution is -2.49. The number of carbonyl (C=O) groups is 1. The highest BCUT2D eigenvalue weighted by molar-refractivity contribution is 5.68. The molecule has 1 amide bonds. The number of aryl methyl sites for hydroxylation is 1. The number of nitrogens with zero attached hydrogens (tertiary/aromatic N) is 4. The Balaban J connectivity index is 1.10. The average molecular weight is 581 g/mol. The van der Waals surface area contributed by atoms with Crippen molar-refractivity contribution in [2.75, 3.05) is 57.8 Å². The molecule has 230 valence electrons. The van der Waals surface area contributed by atoms with Gasteiger partial charge >= 0.3 is 6.09 Å². The summed E-state index contributed by atoms with van der Waals surface area (Å²) in [6, 6.07) is 2.76. The van der Waals surface area contributed by atoms with Crippen LogP contribution in [0.4, 0.5) is 10.5 Å². The number of rotatable bonds is 3. The molecule has 1 aromatic heterocycles. The highest BCUT2D eigenvalue weighted by Crippen LogP contribution is 2.40. The SMILES string of the molecule is Cc1nc(C2CCN(C3CCN(C(=O)OC(C)(C)C)CC3)CC2)cc2c1OC(C)C1=C(N3CCOCC3)C=CNC1N2. The van der Waals surface area contributed by atoms with E-state index >= 15 is 0 Å². The topological polar surface area (TPSA) is 91.4 Å². The van der Waals surface area contributed by atoms with Crippen LogP contribution < -0.4 is 15.4 Å². The third kappa shape index (κ3) is 6.20. The van der Waals surface area contributed by atoms with Gasteiger partial charge in [-0.1, -0.05) is 0 Å². The average Bonchev–Trinajstić information content (AvgIpc) is 3.13. The summed E-state index contributed by atoms with van der Waals surface area (Å²) < 4.78 is 17.8. The molecule has 0 radical (unpaired) electrons. The molecule has 2 atom stereocenters. The standard InChI is InChI=1S/C32H48N6O4/c1-21-29-26(35-30-28(22(2)41-29)27(6-11-33-30)37-16-18-40-19-17-37)20-25(34-21)23-7-12-36(13-8-23)24-9-14-38(15-10-24)31(39)42-32(3,4)5/h6,11,20,22-24,30,33,35H,7-10,12-19H2,1-5H3. The fourth-order valence-electron chi connectivity index (χ4n) is 7.06. The minimum Gasteiger partial charge on any atom is -0.482 e. The van der Waals surface area contributed by atoms with E-state index in [1.165, 1.54) is 11.3 Å². The number of aromatic nitrogens is 1. The molecule has 5 aliphatic heterocycles. The van der Waals surface area contributed by atoms with Crippen molar-refractivity contribution >= 4 is 11.8 Å². The lowest BCUT2D eigenvalue weighted by atomic mass is 9.90. The molecule has 1 aromatic rings. The molecule has 0 bridgehead atoms. The first-order valence-corrected chi connectivity index (χ1v) is 15.8. The van der Waals surface area contributed by atoms with E-state index in [4.69, 9.17) is 19.2 Å². The maximum atomic E-state index is 12.5. The van der Waals surface area contributed by atoms with E-state index in [1.807, 2.05) is 31.9 Å². The summed E-state index contributed by atoms with van der Waals surface area (Å²) in [7, 11) is 0. The van der Waals surface area contributed by atoms with Crippen molar-refractivity contribution in [3.8, 4) is 5.75 Å². The summed E-state index contributed by atoms with van der Waals surface area (Å²) in [5.74, 6) is 1.28. The minimum atomic E-state index is -0.452. The van der Waals surface area contributed by atoms with Gasteiger partial charge < -0.3 is 39.5 Å². The molecule has 5 aliphatic rings. The van der Waals surface area contributed by atoms with Crippen LogP contribution in [0.5, 0.6) is 5.75 Å². The van der Waals surface area contributed by atoms with E-state index in [1.54, 1.807) is 0 Å². The number of carbonyl (C=O) groups excluding carboxylic acids is 1. The van der Waals surface area contributed by atoms with Crippen LogP contribution in [-0.4, -0.2) is 102 Å². The van der Waals surface area contributed by atoms with Gasteiger partial charge in [0, 0.05) is 61.3 Å². The quantitative estimate of drug-likeness (QED) is 0.546. The van der Waals surface area contributed by atoms with E-state index in [2.05, 4.69) is 46.4 Å². The monoisotopic (exact) mass is 580 g/mol. The molecule has 3 saturated heterocycles. The van der Waals surface area contributed by atoms with Crippen LogP contribution in [0.2, 0.25) is 0 Å². The maximum absolute atomic E-state index is 12.5. The Morgan fingerprint density at radius 3 is 2.45 bits per heavy atom. The van der Waals surface area contributed by atoms with Crippen LogP contribution in [0.15, 0.2) is 29.6 Å². The molecule has 6 rings (SSSR count). The van der Waals surface area contributed by atoms with Gasteiger partial charge in [-0.3, -0.25) is 4.98 Å². The molecule has 2 N–H and O–H groups in total. The third-order valence-electron chi connectivity index (χ3n) is 9.24. The molecule has 6 heterocycles. The number of dihydropyridines is 1. The van der Waals surface area contributed by atoms with Gasteiger partial charge in [0.25, 0.3) is 0 Å². The molecule has 0 aliphatic carbocycles.